The van der Waals surface area contributed by atoms with Crippen LogP contribution in [0.4, 0.5) is 5.82 Å². The third-order valence-electron chi connectivity index (χ3n) is 1.99. The molecule has 0 aliphatic heterocycles. The molecule has 1 rings (SSSR count). The first-order chi connectivity index (χ1) is 7.15. The van der Waals surface area contributed by atoms with E-state index in [1.165, 1.54) is 0 Å². The highest BCUT2D eigenvalue weighted by Crippen LogP contribution is 2.13. The summed E-state index contributed by atoms with van der Waals surface area (Å²) < 4.78 is 0. The number of halogens is 1. The molecule has 0 saturated carbocycles. The van der Waals surface area contributed by atoms with Crippen LogP contribution in [-0.2, 0) is 6.54 Å². The van der Waals surface area contributed by atoms with Gasteiger partial charge in [-0.25, -0.2) is 4.98 Å². The Bertz CT molecular complexity index is 351. The molecule has 1 aromatic rings. The minimum absolute atomic E-state index is 0. The molecule has 0 bridgehead atoms. The predicted molar refractivity (Wildman–Crippen MR) is 78.4 cm³/mol. The van der Waals surface area contributed by atoms with Crippen molar-refractivity contribution in [3.8, 4) is 0 Å². The molecular weight excluding hydrogens is 317 g/mol. The normalized spacial score (nSPS) is 10.6. The molecule has 3 N–H and O–H groups in total. The van der Waals surface area contributed by atoms with Crippen LogP contribution in [0, 0.1) is 0 Å². The van der Waals surface area contributed by atoms with E-state index in [1.807, 2.05) is 31.1 Å². The van der Waals surface area contributed by atoms with Gasteiger partial charge in [-0.3, -0.25) is 4.99 Å². The summed E-state index contributed by atoms with van der Waals surface area (Å²) in [4.78, 5) is 10.1. The lowest BCUT2D eigenvalue weighted by atomic mass is 10.2. The van der Waals surface area contributed by atoms with Crippen LogP contribution in [0.1, 0.15) is 5.56 Å². The van der Waals surface area contributed by atoms with E-state index in [-0.39, 0.29) is 24.0 Å². The van der Waals surface area contributed by atoms with Gasteiger partial charge in [0, 0.05) is 39.4 Å². The highest BCUT2D eigenvalue weighted by Gasteiger charge is 2.04. The lowest BCUT2D eigenvalue weighted by molar-refractivity contribution is 0.881. The molecule has 1 heterocycles. The van der Waals surface area contributed by atoms with E-state index in [0.717, 1.165) is 11.4 Å². The summed E-state index contributed by atoms with van der Waals surface area (Å²) in [6, 6.07) is 3.92. The number of nitrogens with two attached hydrogens (primary N) is 1. The largest absolute Gasteiger partial charge is 0.370 e. The van der Waals surface area contributed by atoms with E-state index in [9.17, 15) is 0 Å². The maximum Gasteiger partial charge on any atom is 0.188 e. The zero-order valence-electron chi connectivity index (χ0n) is 9.77. The first kappa shape index (κ1) is 14.9. The van der Waals surface area contributed by atoms with E-state index in [4.69, 9.17) is 5.73 Å². The Morgan fingerprint density at radius 1 is 1.56 bits per heavy atom. The number of aliphatic imine (C=N–C) groups is 1. The Morgan fingerprint density at radius 3 is 2.81 bits per heavy atom. The zero-order chi connectivity index (χ0) is 11.3. The van der Waals surface area contributed by atoms with Crippen molar-refractivity contribution in [2.24, 2.45) is 10.7 Å². The van der Waals surface area contributed by atoms with Gasteiger partial charge in [0.25, 0.3) is 0 Å². The van der Waals surface area contributed by atoms with Crippen molar-refractivity contribution in [2.75, 3.05) is 26.0 Å². The van der Waals surface area contributed by atoms with Crippen LogP contribution < -0.4 is 16.0 Å². The third-order valence-corrected chi connectivity index (χ3v) is 1.99. The van der Waals surface area contributed by atoms with Crippen molar-refractivity contribution in [3.63, 3.8) is 0 Å². The molecular formula is C10H18IN5. The number of aromatic nitrogens is 1. The fourth-order valence-electron chi connectivity index (χ4n) is 1.24. The minimum Gasteiger partial charge on any atom is -0.370 e. The van der Waals surface area contributed by atoms with E-state index in [0.29, 0.717) is 12.5 Å². The molecule has 1 aromatic heterocycles. The quantitative estimate of drug-likeness (QED) is 0.487. The monoisotopic (exact) mass is 335 g/mol. The summed E-state index contributed by atoms with van der Waals surface area (Å²) in [5.74, 6) is 1.37. The van der Waals surface area contributed by atoms with Crippen LogP contribution in [0.5, 0.6) is 0 Å². The second-order valence-electron chi connectivity index (χ2n) is 3.34. The number of rotatable bonds is 3. The summed E-state index contributed by atoms with van der Waals surface area (Å²) in [5, 5.41) is 3.00. The van der Waals surface area contributed by atoms with Gasteiger partial charge >= 0.3 is 0 Å². The number of hydrogen-bond acceptors (Lipinski definition) is 3. The lowest BCUT2D eigenvalue weighted by Gasteiger charge is -2.16. The highest BCUT2D eigenvalue weighted by molar-refractivity contribution is 14.0. The van der Waals surface area contributed by atoms with Gasteiger partial charge < -0.3 is 16.0 Å². The molecule has 0 aliphatic carbocycles. The highest BCUT2D eigenvalue weighted by atomic mass is 127. The van der Waals surface area contributed by atoms with Crippen LogP contribution in [0.15, 0.2) is 23.3 Å². The van der Waals surface area contributed by atoms with Crippen LogP contribution >= 0.6 is 24.0 Å². The molecule has 5 nitrogen and oxygen atoms in total. The molecule has 6 heteroatoms. The zero-order valence-corrected chi connectivity index (χ0v) is 12.1. The topological polar surface area (TPSA) is 66.5 Å². The van der Waals surface area contributed by atoms with Gasteiger partial charge in [-0.05, 0) is 6.07 Å². The third kappa shape index (κ3) is 4.21. The van der Waals surface area contributed by atoms with Gasteiger partial charge in [-0.1, -0.05) is 6.07 Å². The van der Waals surface area contributed by atoms with E-state index >= 15 is 0 Å². The van der Waals surface area contributed by atoms with Crippen molar-refractivity contribution >= 4 is 35.8 Å². The molecule has 0 unspecified atom stereocenters. The molecule has 0 spiro atoms. The molecule has 16 heavy (non-hydrogen) atoms. The number of nitrogens with zero attached hydrogens (tertiary/aromatic N) is 3. The van der Waals surface area contributed by atoms with Crippen molar-refractivity contribution in [3.05, 3.63) is 23.9 Å². The molecule has 0 fully saturated rings. The number of nitrogens with one attached hydrogen (secondary N) is 1. The van der Waals surface area contributed by atoms with Gasteiger partial charge in [-0.2, -0.15) is 0 Å². The average Bonchev–Trinajstić information content (AvgIpc) is 2.26. The SMILES string of the molecule is CN=C(N)NCc1cccnc1N(C)C.I. The second kappa shape index (κ2) is 7.26. The Labute approximate surface area is 113 Å². The van der Waals surface area contributed by atoms with Crippen LogP contribution in [0.3, 0.4) is 0 Å². The van der Waals surface area contributed by atoms with Crippen LogP contribution in [-0.4, -0.2) is 32.1 Å². The van der Waals surface area contributed by atoms with Gasteiger partial charge in [0.05, 0.1) is 0 Å². The number of guanidine groups is 1. The van der Waals surface area contributed by atoms with Crippen molar-refractivity contribution in [1.29, 1.82) is 0 Å². The molecule has 0 aromatic carbocycles. The van der Waals surface area contributed by atoms with E-state index in [1.54, 1.807) is 13.2 Å². The Morgan fingerprint density at radius 2 is 2.25 bits per heavy atom. The summed E-state index contributed by atoms with van der Waals surface area (Å²) >= 11 is 0. The Hall–Kier alpha value is -1.05. The molecule has 0 atom stereocenters. The van der Waals surface area contributed by atoms with E-state index < -0.39 is 0 Å². The number of pyridine rings is 1. The van der Waals surface area contributed by atoms with E-state index in [2.05, 4.69) is 15.3 Å². The minimum atomic E-state index is 0. The maximum atomic E-state index is 5.55. The second-order valence-corrected chi connectivity index (χ2v) is 3.34. The molecule has 0 saturated heterocycles. The van der Waals surface area contributed by atoms with Gasteiger partial charge in [0.2, 0.25) is 0 Å². The molecule has 0 aliphatic rings. The average molecular weight is 335 g/mol. The first-order valence-corrected chi connectivity index (χ1v) is 4.72. The molecule has 0 radical (unpaired) electrons. The smallest absolute Gasteiger partial charge is 0.188 e. The Kier molecular flexibility index (Phi) is 6.78. The van der Waals surface area contributed by atoms with Gasteiger partial charge in [-0.15, -0.1) is 24.0 Å². The fourth-order valence-corrected chi connectivity index (χ4v) is 1.24. The number of anilines is 1. The summed E-state index contributed by atoms with van der Waals surface area (Å²) in [6.07, 6.45) is 1.77. The standard InChI is InChI=1S/C10H17N5.HI/c1-12-10(11)14-7-8-5-4-6-13-9(8)15(2)3;/h4-6H,7H2,1-3H3,(H3,11,12,14);1H. The molecule has 90 valence electrons. The number of hydrogen-bond donors (Lipinski definition) is 2. The fraction of sp³-hybridized carbons (Fsp3) is 0.400. The summed E-state index contributed by atoms with van der Waals surface area (Å²) in [5.41, 5.74) is 6.64. The van der Waals surface area contributed by atoms with Crippen LogP contribution in [0.25, 0.3) is 0 Å². The summed E-state index contributed by atoms with van der Waals surface area (Å²) in [7, 11) is 5.57. The van der Waals surface area contributed by atoms with Gasteiger partial charge in [0.15, 0.2) is 5.96 Å². The maximum absolute atomic E-state index is 5.55. The predicted octanol–water partition coefficient (Wildman–Crippen LogP) is 0.800. The Balaban J connectivity index is 0.00000225. The molecule has 0 amide bonds. The lowest BCUT2D eigenvalue weighted by Crippen LogP contribution is -2.31. The first-order valence-electron chi connectivity index (χ1n) is 4.72. The van der Waals surface area contributed by atoms with Crippen molar-refractivity contribution in [1.82, 2.24) is 10.3 Å². The summed E-state index contributed by atoms with van der Waals surface area (Å²) in [6.45, 7) is 0.629. The van der Waals surface area contributed by atoms with Crippen LogP contribution in [0.2, 0.25) is 0 Å². The van der Waals surface area contributed by atoms with Crippen molar-refractivity contribution < 1.29 is 0 Å². The van der Waals surface area contributed by atoms with Crippen molar-refractivity contribution in [2.45, 2.75) is 6.54 Å². The van der Waals surface area contributed by atoms with Gasteiger partial charge in [0.1, 0.15) is 5.82 Å².